The Morgan fingerprint density at radius 1 is 1.50 bits per heavy atom. The topological polar surface area (TPSA) is 101 Å². The molecule has 0 radical (unpaired) electrons. The van der Waals surface area contributed by atoms with Gasteiger partial charge < -0.3 is 20.5 Å². The number of nitrogens with zero attached hydrogens (tertiary/aromatic N) is 1. The van der Waals surface area contributed by atoms with Crippen LogP contribution in [-0.4, -0.2) is 41.3 Å². The minimum Gasteiger partial charge on any atom is -0.481 e. The molecule has 2 amide bonds. The van der Waals surface area contributed by atoms with Gasteiger partial charge in [0.1, 0.15) is 5.92 Å². The van der Waals surface area contributed by atoms with Gasteiger partial charge in [-0.1, -0.05) is 0 Å². The lowest BCUT2D eigenvalue weighted by atomic mass is 10.0. The van der Waals surface area contributed by atoms with Crippen molar-refractivity contribution in [2.45, 2.75) is 19.5 Å². The zero-order valence-electron chi connectivity index (χ0n) is 11.1. The van der Waals surface area contributed by atoms with Crippen LogP contribution in [0.25, 0.3) is 0 Å². The lowest BCUT2D eigenvalue weighted by Gasteiger charge is -2.16. The van der Waals surface area contributed by atoms with Gasteiger partial charge in [0.2, 0.25) is 0 Å². The number of hydrogen-bond donors (Lipinski definition) is 3. The molecule has 1 saturated heterocycles. The van der Waals surface area contributed by atoms with Crippen molar-refractivity contribution in [3.8, 4) is 0 Å². The van der Waals surface area contributed by atoms with Gasteiger partial charge >= 0.3 is 12.0 Å². The maximum atomic E-state index is 11.8. The minimum atomic E-state index is -0.960. The summed E-state index contributed by atoms with van der Waals surface area (Å²) >= 11 is 0. The van der Waals surface area contributed by atoms with E-state index in [2.05, 4.69) is 15.6 Å². The van der Waals surface area contributed by atoms with Crippen molar-refractivity contribution >= 4 is 12.0 Å². The zero-order valence-corrected chi connectivity index (χ0v) is 11.1. The fraction of sp³-hybridized carbons (Fsp3) is 0.462. The van der Waals surface area contributed by atoms with E-state index in [1.165, 1.54) is 0 Å². The lowest BCUT2D eigenvalue weighted by Crippen LogP contribution is -2.47. The summed E-state index contributed by atoms with van der Waals surface area (Å²) in [6, 6.07) is 0.933. The number of aryl methyl sites for hydroxylation is 1. The first kappa shape index (κ1) is 14.3. The van der Waals surface area contributed by atoms with Crippen LogP contribution in [0, 0.1) is 12.8 Å². The highest BCUT2D eigenvalue weighted by Gasteiger charge is 2.34. The van der Waals surface area contributed by atoms with Crippen LogP contribution >= 0.6 is 0 Å². The number of carboxylic acid groups (broad SMARTS) is 1. The summed E-state index contributed by atoms with van der Waals surface area (Å²) in [5.74, 6) is -1.65. The summed E-state index contributed by atoms with van der Waals surface area (Å²) in [7, 11) is 0. The molecule has 1 aromatic rings. The number of carboxylic acids is 1. The second kappa shape index (κ2) is 6.33. The average molecular weight is 279 g/mol. The first-order valence-corrected chi connectivity index (χ1v) is 6.32. The summed E-state index contributed by atoms with van der Waals surface area (Å²) < 4.78 is 5.08. The smallest absolute Gasteiger partial charge is 0.315 e. The SMILES string of the molecule is Cc1cnccc1CNC(=O)NC1COCC1C(=O)O. The quantitative estimate of drug-likeness (QED) is 0.735. The molecule has 108 valence electrons. The summed E-state index contributed by atoms with van der Waals surface area (Å²) in [6.45, 7) is 2.63. The van der Waals surface area contributed by atoms with E-state index < -0.39 is 24.0 Å². The number of rotatable bonds is 4. The molecule has 0 aromatic carbocycles. The van der Waals surface area contributed by atoms with E-state index in [0.29, 0.717) is 6.54 Å². The molecule has 2 unspecified atom stereocenters. The maximum absolute atomic E-state index is 11.8. The number of nitrogens with one attached hydrogen (secondary N) is 2. The molecule has 0 spiro atoms. The van der Waals surface area contributed by atoms with Crippen molar-refractivity contribution in [2.75, 3.05) is 13.2 Å². The molecule has 2 heterocycles. The number of hydrogen-bond acceptors (Lipinski definition) is 4. The average Bonchev–Trinajstić information content (AvgIpc) is 2.86. The summed E-state index contributed by atoms with van der Waals surface area (Å²) in [4.78, 5) is 26.7. The molecule has 1 aliphatic rings. The molecule has 7 nitrogen and oxygen atoms in total. The molecule has 3 N–H and O–H groups in total. The molecule has 1 aromatic heterocycles. The number of urea groups is 1. The second-order valence-electron chi connectivity index (χ2n) is 4.72. The lowest BCUT2D eigenvalue weighted by molar-refractivity contribution is -0.142. The standard InChI is InChI=1S/C13H17N3O4/c1-8-4-14-3-2-9(8)5-15-13(19)16-11-7-20-6-10(11)12(17)18/h2-4,10-11H,5-7H2,1H3,(H,17,18)(H2,15,16,19). The van der Waals surface area contributed by atoms with E-state index in [1.807, 2.05) is 13.0 Å². The Labute approximate surface area is 116 Å². The number of carbonyl (C=O) groups is 2. The number of carbonyl (C=O) groups excluding carboxylic acids is 1. The third-order valence-electron chi connectivity index (χ3n) is 3.29. The van der Waals surface area contributed by atoms with Gasteiger partial charge in [-0.25, -0.2) is 4.79 Å². The van der Waals surface area contributed by atoms with E-state index in [4.69, 9.17) is 9.84 Å². The fourth-order valence-electron chi connectivity index (χ4n) is 2.04. The third-order valence-corrected chi connectivity index (χ3v) is 3.29. The Morgan fingerprint density at radius 3 is 3.00 bits per heavy atom. The van der Waals surface area contributed by atoms with Crippen molar-refractivity contribution < 1.29 is 19.4 Å². The van der Waals surface area contributed by atoms with Crippen LogP contribution < -0.4 is 10.6 Å². The molecular formula is C13H17N3O4. The van der Waals surface area contributed by atoms with E-state index in [0.717, 1.165) is 11.1 Å². The monoisotopic (exact) mass is 279 g/mol. The Balaban J connectivity index is 1.84. The second-order valence-corrected chi connectivity index (χ2v) is 4.72. The molecule has 0 aliphatic carbocycles. The van der Waals surface area contributed by atoms with Gasteiger partial charge in [-0.05, 0) is 24.1 Å². The van der Waals surface area contributed by atoms with Gasteiger partial charge in [0.15, 0.2) is 0 Å². The summed E-state index contributed by atoms with van der Waals surface area (Å²) in [5.41, 5.74) is 1.95. The fourth-order valence-corrected chi connectivity index (χ4v) is 2.04. The van der Waals surface area contributed by atoms with Gasteiger partial charge in [-0.2, -0.15) is 0 Å². The Bertz CT molecular complexity index is 506. The van der Waals surface area contributed by atoms with Crippen molar-refractivity contribution in [1.29, 1.82) is 0 Å². The molecule has 1 aliphatic heterocycles. The Morgan fingerprint density at radius 2 is 2.30 bits per heavy atom. The summed E-state index contributed by atoms with van der Waals surface area (Å²) in [6.07, 6.45) is 3.38. The normalized spacial score (nSPS) is 21.4. The molecule has 1 fully saturated rings. The highest BCUT2D eigenvalue weighted by atomic mass is 16.5. The Kier molecular flexibility index (Phi) is 4.52. The van der Waals surface area contributed by atoms with Crippen molar-refractivity contribution in [3.63, 3.8) is 0 Å². The first-order chi connectivity index (χ1) is 9.58. The third kappa shape index (κ3) is 3.45. The van der Waals surface area contributed by atoms with Crippen LogP contribution in [0.3, 0.4) is 0 Å². The molecule has 20 heavy (non-hydrogen) atoms. The van der Waals surface area contributed by atoms with Crippen LogP contribution in [0.2, 0.25) is 0 Å². The highest BCUT2D eigenvalue weighted by molar-refractivity contribution is 5.77. The van der Waals surface area contributed by atoms with E-state index in [9.17, 15) is 9.59 Å². The van der Waals surface area contributed by atoms with Crippen LogP contribution in [0.4, 0.5) is 4.79 Å². The largest absolute Gasteiger partial charge is 0.481 e. The van der Waals surface area contributed by atoms with Crippen molar-refractivity contribution in [1.82, 2.24) is 15.6 Å². The number of aromatic nitrogens is 1. The van der Waals surface area contributed by atoms with Gasteiger partial charge in [0.05, 0.1) is 19.3 Å². The molecular weight excluding hydrogens is 262 g/mol. The molecule has 0 saturated carbocycles. The molecule has 2 rings (SSSR count). The highest BCUT2D eigenvalue weighted by Crippen LogP contribution is 2.13. The van der Waals surface area contributed by atoms with Crippen LogP contribution in [0.5, 0.6) is 0 Å². The van der Waals surface area contributed by atoms with Crippen LogP contribution in [-0.2, 0) is 16.1 Å². The Hall–Kier alpha value is -2.15. The zero-order chi connectivity index (χ0) is 14.5. The van der Waals surface area contributed by atoms with Gasteiger partial charge in [0.25, 0.3) is 0 Å². The predicted molar refractivity (Wildman–Crippen MR) is 70.1 cm³/mol. The van der Waals surface area contributed by atoms with Crippen molar-refractivity contribution in [2.24, 2.45) is 5.92 Å². The minimum absolute atomic E-state index is 0.129. The van der Waals surface area contributed by atoms with E-state index in [1.54, 1.807) is 12.4 Å². The number of ether oxygens (including phenoxy) is 1. The molecule has 0 bridgehead atoms. The maximum Gasteiger partial charge on any atom is 0.315 e. The number of pyridine rings is 1. The van der Waals surface area contributed by atoms with Gasteiger partial charge in [-0.15, -0.1) is 0 Å². The molecule has 2 atom stereocenters. The molecule has 7 heteroatoms. The number of amides is 2. The van der Waals surface area contributed by atoms with E-state index in [-0.39, 0.29) is 13.2 Å². The van der Waals surface area contributed by atoms with E-state index >= 15 is 0 Å². The number of aliphatic carboxylic acids is 1. The van der Waals surface area contributed by atoms with Crippen LogP contribution in [0.1, 0.15) is 11.1 Å². The van der Waals surface area contributed by atoms with Crippen LogP contribution in [0.15, 0.2) is 18.5 Å². The first-order valence-electron chi connectivity index (χ1n) is 6.32. The van der Waals surface area contributed by atoms with Gasteiger partial charge in [0, 0.05) is 18.9 Å². The van der Waals surface area contributed by atoms with Gasteiger partial charge in [-0.3, -0.25) is 9.78 Å². The summed E-state index contributed by atoms with van der Waals surface area (Å²) in [5, 5.41) is 14.3. The van der Waals surface area contributed by atoms with Crippen molar-refractivity contribution in [3.05, 3.63) is 29.6 Å². The predicted octanol–water partition coefficient (Wildman–Crippen LogP) is 0.289.